The Morgan fingerprint density at radius 3 is 2.70 bits per heavy atom. The molecule has 5 aromatic rings. The fourth-order valence-corrected chi connectivity index (χ4v) is 6.31. The molecule has 0 bridgehead atoms. The average molecular weight is 476 g/mol. The van der Waals surface area contributed by atoms with Gasteiger partial charge in [-0.25, -0.2) is 9.37 Å². The van der Waals surface area contributed by atoms with Gasteiger partial charge in [-0.3, -0.25) is 9.36 Å². The van der Waals surface area contributed by atoms with Crippen LogP contribution in [0.3, 0.4) is 0 Å². The molecule has 6 nitrogen and oxygen atoms in total. The van der Waals surface area contributed by atoms with E-state index in [1.807, 2.05) is 34.9 Å². The maximum absolute atomic E-state index is 13.6. The molecule has 6 rings (SSSR count). The van der Waals surface area contributed by atoms with E-state index >= 15 is 0 Å². The van der Waals surface area contributed by atoms with Crippen molar-refractivity contribution in [2.75, 3.05) is 0 Å². The highest BCUT2D eigenvalue weighted by molar-refractivity contribution is 7.98. The van der Waals surface area contributed by atoms with Crippen LogP contribution in [0.2, 0.25) is 0 Å². The molecule has 0 amide bonds. The van der Waals surface area contributed by atoms with Crippen LogP contribution in [0.1, 0.15) is 22.7 Å². The first-order valence-electron chi connectivity index (χ1n) is 10.6. The first-order valence-corrected chi connectivity index (χ1v) is 12.4. The van der Waals surface area contributed by atoms with Crippen molar-refractivity contribution in [2.24, 2.45) is 0 Å². The second-order valence-electron chi connectivity index (χ2n) is 7.82. The minimum Gasteiger partial charge on any atom is -0.309 e. The fourth-order valence-electron chi connectivity index (χ4n) is 4.21. The molecular formula is C24H18FN5OS2. The summed E-state index contributed by atoms with van der Waals surface area (Å²) in [6, 6.07) is 16.0. The lowest BCUT2D eigenvalue weighted by atomic mass is 10.2. The Labute approximate surface area is 196 Å². The predicted molar refractivity (Wildman–Crippen MR) is 129 cm³/mol. The standard InChI is InChI=1S/C24H18FN5OS2/c25-15-9-11-16(12-10-15)30-21(14-5-2-1-3-6-14)28-29-24(30)32-13-19-26-22(31)20-17-7-4-8-18(17)33-23(20)27-19/h1-3,5-6,9-12H,4,7-8,13H2,(H,26,27,31). The first kappa shape index (κ1) is 20.3. The van der Waals surface area contributed by atoms with Gasteiger partial charge in [-0.15, -0.1) is 21.5 Å². The van der Waals surface area contributed by atoms with Gasteiger partial charge < -0.3 is 4.98 Å². The third kappa shape index (κ3) is 3.67. The molecule has 1 aliphatic carbocycles. The van der Waals surface area contributed by atoms with Crippen molar-refractivity contribution in [1.29, 1.82) is 0 Å². The summed E-state index contributed by atoms with van der Waals surface area (Å²) in [7, 11) is 0. The number of hydrogen-bond acceptors (Lipinski definition) is 6. The number of aryl methyl sites for hydroxylation is 2. The molecule has 164 valence electrons. The van der Waals surface area contributed by atoms with Gasteiger partial charge in [0.05, 0.1) is 11.1 Å². The van der Waals surface area contributed by atoms with Crippen LogP contribution in [-0.4, -0.2) is 24.7 Å². The first-order chi connectivity index (χ1) is 16.2. The van der Waals surface area contributed by atoms with E-state index in [-0.39, 0.29) is 11.4 Å². The summed E-state index contributed by atoms with van der Waals surface area (Å²) < 4.78 is 15.5. The van der Waals surface area contributed by atoms with Crippen molar-refractivity contribution in [3.8, 4) is 17.1 Å². The van der Waals surface area contributed by atoms with E-state index in [0.717, 1.165) is 40.7 Å². The summed E-state index contributed by atoms with van der Waals surface area (Å²) >= 11 is 3.06. The van der Waals surface area contributed by atoms with Crippen LogP contribution in [0.5, 0.6) is 0 Å². The van der Waals surface area contributed by atoms with Gasteiger partial charge in [0, 0.05) is 16.1 Å². The van der Waals surface area contributed by atoms with Crippen LogP contribution in [0, 0.1) is 5.82 Å². The van der Waals surface area contributed by atoms with Gasteiger partial charge in [0.2, 0.25) is 0 Å². The minimum atomic E-state index is -0.305. The van der Waals surface area contributed by atoms with Gasteiger partial charge in [0.15, 0.2) is 11.0 Å². The largest absolute Gasteiger partial charge is 0.309 e. The Balaban J connectivity index is 1.36. The maximum Gasteiger partial charge on any atom is 0.259 e. The van der Waals surface area contributed by atoms with Crippen LogP contribution >= 0.6 is 23.1 Å². The summed E-state index contributed by atoms with van der Waals surface area (Å²) in [5.74, 6) is 1.39. The normalized spacial score (nSPS) is 13.0. The van der Waals surface area contributed by atoms with Crippen molar-refractivity contribution in [1.82, 2.24) is 24.7 Å². The van der Waals surface area contributed by atoms with E-state index in [2.05, 4.69) is 15.2 Å². The number of aromatic nitrogens is 5. The van der Waals surface area contributed by atoms with E-state index in [1.54, 1.807) is 23.5 Å². The van der Waals surface area contributed by atoms with Gasteiger partial charge in [-0.1, -0.05) is 42.1 Å². The molecule has 0 fully saturated rings. The molecule has 0 saturated heterocycles. The molecular weight excluding hydrogens is 457 g/mol. The molecule has 2 aromatic carbocycles. The van der Waals surface area contributed by atoms with Crippen LogP contribution in [0.4, 0.5) is 4.39 Å². The summed E-state index contributed by atoms with van der Waals surface area (Å²) in [6.07, 6.45) is 3.09. The van der Waals surface area contributed by atoms with E-state index in [4.69, 9.17) is 4.98 Å². The van der Waals surface area contributed by atoms with E-state index < -0.39 is 0 Å². The number of thiophene rings is 1. The number of nitrogens with zero attached hydrogens (tertiary/aromatic N) is 4. The van der Waals surface area contributed by atoms with E-state index in [1.165, 1.54) is 34.3 Å². The summed E-state index contributed by atoms with van der Waals surface area (Å²) in [5, 5.41) is 10.2. The zero-order valence-electron chi connectivity index (χ0n) is 17.4. The molecule has 3 aromatic heterocycles. The van der Waals surface area contributed by atoms with Crippen LogP contribution in [0.25, 0.3) is 27.3 Å². The van der Waals surface area contributed by atoms with Gasteiger partial charge in [-0.05, 0) is 49.1 Å². The van der Waals surface area contributed by atoms with E-state index in [9.17, 15) is 9.18 Å². The summed E-state index contributed by atoms with van der Waals surface area (Å²) in [6.45, 7) is 0. The third-order valence-corrected chi connectivity index (χ3v) is 7.84. The predicted octanol–water partition coefficient (Wildman–Crippen LogP) is 5.15. The van der Waals surface area contributed by atoms with Crippen molar-refractivity contribution >= 4 is 33.3 Å². The summed E-state index contributed by atoms with van der Waals surface area (Å²) in [4.78, 5) is 22.6. The highest BCUT2D eigenvalue weighted by Gasteiger charge is 2.22. The van der Waals surface area contributed by atoms with Crippen LogP contribution in [0.15, 0.2) is 64.5 Å². The Hall–Kier alpha value is -3.30. The molecule has 1 aliphatic rings. The highest BCUT2D eigenvalue weighted by Crippen LogP contribution is 2.35. The van der Waals surface area contributed by atoms with Crippen molar-refractivity contribution < 1.29 is 4.39 Å². The van der Waals surface area contributed by atoms with Gasteiger partial charge in [0.1, 0.15) is 16.5 Å². The molecule has 33 heavy (non-hydrogen) atoms. The van der Waals surface area contributed by atoms with Crippen molar-refractivity contribution in [3.63, 3.8) is 0 Å². The number of nitrogens with one attached hydrogen (secondary N) is 1. The molecule has 0 spiro atoms. The third-order valence-electron chi connectivity index (χ3n) is 5.71. The topological polar surface area (TPSA) is 76.5 Å². The molecule has 3 heterocycles. The Kier molecular flexibility index (Phi) is 5.07. The molecule has 0 radical (unpaired) electrons. The number of H-pyrrole nitrogens is 1. The Bertz CT molecular complexity index is 1520. The maximum atomic E-state index is 13.6. The molecule has 0 unspecified atom stereocenters. The molecule has 0 aliphatic heterocycles. The zero-order chi connectivity index (χ0) is 22.4. The molecule has 0 saturated carbocycles. The second-order valence-corrected chi connectivity index (χ2v) is 9.85. The van der Waals surface area contributed by atoms with E-state index in [0.29, 0.717) is 22.6 Å². The number of thioether (sulfide) groups is 1. The monoisotopic (exact) mass is 475 g/mol. The fraction of sp³-hybridized carbons (Fsp3) is 0.167. The second kappa shape index (κ2) is 8.24. The number of halogens is 1. The Morgan fingerprint density at radius 1 is 1.06 bits per heavy atom. The molecule has 0 atom stereocenters. The lowest BCUT2D eigenvalue weighted by molar-refractivity contribution is 0.627. The van der Waals surface area contributed by atoms with Crippen LogP contribution in [-0.2, 0) is 18.6 Å². The van der Waals surface area contributed by atoms with Crippen LogP contribution < -0.4 is 5.56 Å². The number of rotatable bonds is 5. The summed E-state index contributed by atoms with van der Waals surface area (Å²) in [5.41, 5.74) is 2.77. The quantitative estimate of drug-likeness (QED) is 0.356. The highest BCUT2D eigenvalue weighted by atomic mass is 32.2. The SMILES string of the molecule is O=c1[nH]c(CSc2nnc(-c3ccccc3)n2-c2ccc(F)cc2)nc2sc3c(c12)CCC3. The lowest BCUT2D eigenvalue weighted by Crippen LogP contribution is -2.11. The zero-order valence-corrected chi connectivity index (χ0v) is 19.0. The van der Waals surface area contributed by atoms with Gasteiger partial charge in [-0.2, -0.15) is 0 Å². The number of fused-ring (bicyclic) bond motifs is 3. The minimum absolute atomic E-state index is 0.0695. The smallest absolute Gasteiger partial charge is 0.259 e. The average Bonchev–Trinajstić information content (AvgIpc) is 3.53. The lowest BCUT2D eigenvalue weighted by Gasteiger charge is -2.10. The number of hydrogen-bond donors (Lipinski definition) is 1. The Morgan fingerprint density at radius 2 is 1.88 bits per heavy atom. The van der Waals surface area contributed by atoms with Crippen molar-refractivity contribution in [2.45, 2.75) is 30.2 Å². The number of benzene rings is 2. The molecule has 1 N–H and O–H groups in total. The van der Waals surface area contributed by atoms with Gasteiger partial charge in [0.25, 0.3) is 5.56 Å². The molecule has 9 heteroatoms. The number of aromatic amines is 1. The van der Waals surface area contributed by atoms with Gasteiger partial charge >= 0.3 is 0 Å². The van der Waals surface area contributed by atoms with Crippen molar-refractivity contribution in [3.05, 3.63) is 87.0 Å².